The SMILES string of the molecule is CCCc1c2nc(cc3cc(O)c(cc4nc(cc5ccc1[nH]5)C=C4O)[nH]3)C=C2. The second-order valence-corrected chi connectivity index (χ2v) is 7.22. The summed E-state index contributed by atoms with van der Waals surface area (Å²) < 4.78 is 0. The third kappa shape index (κ3) is 3.18. The number of aliphatic hydroxyl groups excluding tert-OH is 1. The van der Waals surface area contributed by atoms with Crippen LogP contribution in [0.4, 0.5) is 0 Å². The molecule has 144 valence electrons. The molecule has 0 fully saturated rings. The first kappa shape index (κ1) is 17.3. The molecule has 0 aliphatic carbocycles. The highest BCUT2D eigenvalue weighted by Crippen LogP contribution is 2.26. The number of nitrogens with zero attached hydrogens (tertiary/aromatic N) is 2. The van der Waals surface area contributed by atoms with E-state index in [9.17, 15) is 10.2 Å². The maximum absolute atomic E-state index is 10.3. The molecular weight excluding hydrogens is 364 g/mol. The molecule has 5 rings (SSSR count). The molecular formula is C23H20N4O2. The standard InChI is InChI=1S/C23H20N4O2/c1-2-3-17-18-6-4-13(24-18)8-15-10-22(28)20(26-15)12-21-23(29)11-16(27-21)9-14-5-7-19(17)25-14/h4-12,24,27-29H,2-3H2,1H3. The van der Waals surface area contributed by atoms with Crippen molar-refractivity contribution in [2.24, 2.45) is 0 Å². The summed E-state index contributed by atoms with van der Waals surface area (Å²) in [6, 6.07) is 11.1. The third-order valence-corrected chi connectivity index (χ3v) is 5.04. The maximum Gasteiger partial charge on any atom is 0.143 e. The van der Waals surface area contributed by atoms with E-state index in [0.717, 1.165) is 46.3 Å². The Labute approximate surface area is 166 Å². The second-order valence-electron chi connectivity index (χ2n) is 7.22. The third-order valence-electron chi connectivity index (χ3n) is 5.04. The number of rotatable bonds is 2. The molecule has 8 bridgehead atoms. The van der Waals surface area contributed by atoms with Crippen molar-refractivity contribution >= 4 is 46.1 Å². The van der Waals surface area contributed by atoms with Gasteiger partial charge in [-0.1, -0.05) is 13.3 Å². The first-order valence-electron chi connectivity index (χ1n) is 9.61. The molecule has 0 spiro atoms. The Kier molecular flexibility index (Phi) is 3.98. The van der Waals surface area contributed by atoms with E-state index in [0.29, 0.717) is 16.9 Å². The molecule has 0 saturated carbocycles. The molecule has 0 amide bonds. The van der Waals surface area contributed by atoms with Crippen LogP contribution in [0.25, 0.3) is 46.1 Å². The summed E-state index contributed by atoms with van der Waals surface area (Å²) in [4.78, 5) is 15.8. The smallest absolute Gasteiger partial charge is 0.143 e. The van der Waals surface area contributed by atoms with E-state index in [1.54, 1.807) is 18.2 Å². The summed E-state index contributed by atoms with van der Waals surface area (Å²) in [6.45, 7) is 2.15. The van der Waals surface area contributed by atoms with Gasteiger partial charge in [0.25, 0.3) is 0 Å². The molecule has 2 aliphatic rings. The van der Waals surface area contributed by atoms with Crippen LogP contribution in [-0.4, -0.2) is 30.1 Å². The van der Waals surface area contributed by atoms with Crippen molar-refractivity contribution in [2.45, 2.75) is 19.8 Å². The number of aromatic amines is 2. The number of aromatic hydroxyl groups is 1. The summed E-state index contributed by atoms with van der Waals surface area (Å²) in [5.74, 6) is 0.152. The van der Waals surface area contributed by atoms with Crippen molar-refractivity contribution in [1.29, 1.82) is 0 Å². The van der Waals surface area contributed by atoms with Gasteiger partial charge in [0.05, 0.1) is 22.6 Å². The predicted octanol–water partition coefficient (Wildman–Crippen LogP) is 5.20. The zero-order chi connectivity index (χ0) is 20.0. The highest BCUT2D eigenvalue weighted by atomic mass is 16.3. The van der Waals surface area contributed by atoms with Crippen LogP contribution in [0.3, 0.4) is 0 Å². The van der Waals surface area contributed by atoms with Crippen molar-refractivity contribution in [3.63, 3.8) is 0 Å². The summed E-state index contributed by atoms with van der Waals surface area (Å²) >= 11 is 0. The Bertz CT molecular complexity index is 1340. The van der Waals surface area contributed by atoms with Crippen molar-refractivity contribution in [2.75, 3.05) is 0 Å². The van der Waals surface area contributed by atoms with Crippen LogP contribution in [0.2, 0.25) is 0 Å². The average Bonchev–Trinajstić information content (AvgIpc) is 3.45. The van der Waals surface area contributed by atoms with E-state index in [1.165, 1.54) is 0 Å². The summed E-state index contributed by atoms with van der Waals surface area (Å²) in [5.41, 5.74) is 7.06. The normalized spacial score (nSPS) is 12.9. The molecule has 2 aliphatic heterocycles. The van der Waals surface area contributed by atoms with Crippen LogP contribution in [0.5, 0.6) is 5.75 Å². The monoisotopic (exact) mass is 384 g/mol. The predicted molar refractivity (Wildman–Crippen MR) is 116 cm³/mol. The van der Waals surface area contributed by atoms with Crippen LogP contribution >= 0.6 is 0 Å². The van der Waals surface area contributed by atoms with E-state index in [2.05, 4.69) is 27.9 Å². The Morgan fingerprint density at radius 2 is 1.69 bits per heavy atom. The average molecular weight is 384 g/mol. The second kappa shape index (κ2) is 6.67. The Morgan fingerprint density at radius 1 is 0.862 bits per heavy atom. The number of aliphatic hydroxyl groups is 1. The van der Waals surface area contributed by atoms with Gasteiger partial charge in [-0.2, -0.15) is 0 Å². The number of H-pyrrole nitrogens is 2. The number of aromatic nitrogens is 4. The van der Waals surface area contributed by atoms with Crippen molar-refractivity contribution in [1.82, 2.24) is 19.9 Å². The first-order valence-corrected chi connectivity index (χ1v) is 9.61. The van der Waals surface area contributed by atoms with Crippen LogP contribution in [-0.2, 0) is 6.42 Å². The quantitative estimate of drug-likeness (QED) is 0.382. The zero-order valence-corrected chi connectivity index (χ0v) is 15.9. The van der Waals surface area contributed by atoms with Crippen molar-refractivity contribution in [3.8, 4) is 5.75 Å². The summed E-state index contributed by atoms with van der Waals surface area (Å²) in [6.07, 6.45) is 7.51. The minimum absolute atomic E-state index is 0.0621. The Hall–Kier alpha value is -3.80. The minimum Gasteiger partial charge on any atom is -0.506 e. The van der Waals surface area contributed by atoms with Gasteiger partial charge in [-0.05, 0) is 48.9 Å². The fourth-order valence-electron chi connectivity index (χ4n) is 3.70. The fraction of sp³-hybridized carbons (Fsp3) is 0.130. The van der Waals surface area contributed by atoms with Crippen LogP contribution in [0.15, 0.2) is 36.4 Å². The molecule has 29 heavy (non-hydrogen) atoms. The summed E-state index contributed by atoms with van der Waals surface area (Å²) in [7, 11) is 0. The Morgan fingerprint density at radius 3 is 2.55 bits per heavy atom. The summed E-state index contributed by atoms with van der Waals surface area (Å²) in [5, 5.41) is 20.5. The highest BCUT2D eigenvalue weighted by molar-refractivity contribution is 5.82. The van der Waals surface area contributed by atoms with Gasteiger partial charge in [-0.25, -0.2) is 9.97 Å². The van der Waals surface area contributed by atoms with Crippen LogP contribution in [0, 0.1) is 0 Å². The van der Waals surface area contributed by atoms with Gasteiger partial charge in [0, 0.05) is 34.3 Å². The molecule has 0 unspecified atom stereocenters. The van der Waals surface area contributed by atoms with Gasteiger partial charge in [-0.15, -0.1) is 0 Å². The number of aryl methyl sites for hydroxylation is 1. The number of nitrogens with one attached hydrogen (secondary N) is 2. The molecule has 0 radical (unpaired) electrons. The molecule has 6 nitrogen and oxygen atoms in total. The van der Waals surface area contributed by atoms with E-state index < -0.39 is 0 Å². The maximum atomic E-state index is 10.3. The van der Waals surface area contributed by atoms with Gasteiger partial charge in [0.15, 0.2) is 0 Å². The van der Waals surface area contributed by atoms with Gasteiger partial charge in [0.1, 0.15) is 17.2 Å². The topological polar surface area (TPSA) is 97.8 Å². The molecule has 3 aromatic heterocycles. The molecule has 0 aromatic carbocycles. The molecule has 4 N–H and O–H groups in total. The fourth-order valence-corrected chi connectivity index (χ4v) is 3.70. The molecule has 0 saturated heterocycles. The van der Waals surface area contributed by atoms with Gasteiger partial charge in [0.2, 0.25) is 0 Å². The lowest BCUT2D eigenvalue weighted by atomic mass is 10.1. The zero-order valence-electron chi connectivity index (χ0n) is 15.9. The van der Waals surface area contributed by atoms with Crippen LogP contribution in [0.1, 0.15) is 41.7 Å². The van der Waals surface area contributed by atoms with E-state index >= 15 is 0 Å². The van der Waals surface area contributed by atoms with Crippen molar-refractivity contribution in [3.05, 3.63) is 64.7 Å². The van der Waals surface area contributed by atoms with E-state index in [4.69, 9.17) is 4.98 Å². The van der Waals surface area contributed by atoms with E-state index in [-0.39, 0.29) is 11.5 Å². The lowest BCUT2D eigenvalue weighted by Crippen LogP contribution is -1.89. The molecule has 6 heteroatoms. The lowest BCUT2D eigenvalue weighted by Gasteiger charge is -2.00. The number of fused-ring (bicyclic) bond motifs is 8. The van der Waals surface area contributed by atoms with E-state index in [1.807, 2.05) is 30.4 Å². The number of hydrogen-bond donors (Lipinski definition) is 4. The Balaban J connectivity index is 1.89. The van der Waals surface area contributed by atoms with Gasteiger partial charge < -0.3 is 20.2 Å². The van der Waals surface area contributed by atoms with Gasteiger partial charge >= 0.3 is 0 Å². The van der Waals surface area contributed by atoms with Gasteiger partial charge in [-0.3, -0.25) is 0 Å². The highest BCUT2D eigenvalue weighted by Gasteiger charge is 2.11. The molecule has 3 aromatic rings. The molecule has 0 atom stereocenters. The first-order chi connectivity index (χ1) is 14.1. The van der Waals surface area contributed by atoms with Crippen LogP contribution < -0.4 is 0 Å². The lowest BCUT2D eigenvalue weighted by molar-refractivity contribution is 0.482. The largest absolute Gasteiger partial charge is 0.506 e. The minimum atomic E-state index is 0.0621. The molecule has 5 heterocycles. The van der Waals surface area contributed by atoms with Crippen molar-refractivity contribution < 1.29 is 10.2 Å². The number of hydrogen-bond acceptors (Lipinski definition) is 4.